The van der Waals surface area contributed by atoms with Crippen LogP contribution in [0.15, 0.2) is 82.8 Å². The maximum atomic E-state index is 13.6. The van der Waals surface area contributed by atoms with Gasteiger partial charge in [-0.2, -0.15) is 5.10 Å². The summed E-state index contributed by atoms with van der Waals surface area (Å²) in [6.07, 6.45) is 1.59. The van der Waals surface area contributed by atoms with Gasteiger partial charge in [0.05, 0.1) is 16.8 Å². The van der Waals surface area contributed by atoms with Gasteiger partial charge in [0, 0.05) is 22.6 Å². The van der Waals surface area contributed by atoms with Crippen molar-refractivity contribution >= 4 is 27.8 Å². The van der Waals surface area contributed by atoms with Gasteiger partial charge in [0.25, 0.3) is 15.9 Å². The standard InChI is InChI=1S/C31H34N4O3S/c1-21-10-12-30(13-11-21)39(37,38)34(28-9-7-8-22(2)15-28)20-31(36)33-32-19-27-18-25(5)35(26(27)6)29-16-23(3)14-24(4)17-29/h7-19H,20H2,1-6H3,(H,33,36)/b32-19-. The van der Waals surface area contributed by atoms with Crippen LogP contribution in [-0.2, 0) is 14.8 Å². The van der Waals surface area contributed by atoms with Gasteiger partial charge in [-0.15, -0.1) is 0 Å². The van der Waals surface area contributed by atoms with E-state index in [1.54, 1.807) is 48.7 Å². The molecule has 4 aromatic rings. The quantitative estimate of drug-likeness (QED) is 0.230. The molecule has 0 aliphatic rings. The molecule has 39 heavy (non-hydrogen) atoms. The Balaban J connectivity index is 1.56. The number of sulfonamides is 1. The van der Waals surface area contributed by atoms with Crippen LogP contribution < -0.4 is 9.73 Å². The summed E-state index contributed by atoms with van der Waals surface area (Å²) in [6.45, 7) is 11.5. The lowest BCUT2D eigenvalue weighted by Gasteiger charge is -2.24. The zero-order valence-corrected chi connectivity index (χ0v) is 24.0. The first kappa shape index (κ1) is 27.9. The van der Waals surface area contributed by atoms with Crippen LogP contribution in [0.25, 0.3) is 5.69 Å². The number of nitrogens with zero attached hydrogens (tertiary/aromatic N) is 3. The molecule has 4 rings (SSSR count). The number of anilines is 1. The predicted octanol–water partition coefficient (Wildman–Crippen LogP) is 5.67. The average molecular weight is 543 g/mol. The second-order valence-corrected chi connectivity index (χ2v) is 11.8. The lowest BCUT2D eigenvalue weighted by atomic mass is 10.1. The number of benzene rings is 3. The first-order chi connectivity index (χ1) is 18.5. The van der Waals surface area contributed by atoms with Crippen molar-refractivity contribution < 1.29 is 13.2 Å². The topological polar surface area (TPSA) is 83.8 Å². The van der Waals surface area contributed by atoms with Gasteiger partial charge in [0.15, 0.2) is 0 Å². The van der Waals surface area contributed by atoms with Crippen molar-refractivity contribution in [1.29, 1.82) is 0 Å². The third-order valence-corrected chi connectivity index (χ3v) is 8.30. The van der Waals surface area contributed by atoms with E-state index < -0.39 is 22.5 Å². The molecule has 0 saturated heterocycles. The maximum absolute atomic E-state index is 13.6. The molecule has 0 bridgehead atoms. The Bertz CT molecular complexity index is 1630. The minimum atomic E-state index is -3.99. The van der Waals surface area contributed by atoms with Crippen molar-refractivity contribution in [1.82, 2.24) is 9.99 Å². The molecule has 0 unspecified atom stereocenters. The number of aromatic nitrogens is 1. The Labute approximate surface area is 230 Å². The van der Waals surface area contributed by atoms with Crippen molar-refractivity contribution in [2.45, 2.75) is 46.4 Å². The molecule has 1 amide bonds. The van der Waals surface area contributed by atoms with E-state index in [1.165, 1.54) is 11.1 Å². The minimum absolute atomic E-state index is 0.115. The molecule has 1 aromatic heterocycles. The second kappa shape index (κ2) is 11.3. The van der Waals surface area contributed by atoms with Gasteiger partial charge in [-0.25, -0.2) is 13.8 Å². The van der Waals surface area contributed by atoms with Crippen molar-refractivity contribution in [3.8, 4) is 5.69 Å². The second-order valence-electron chi connectivity index (χ2n) is 9.96. The number of aryl methyl sites for hydroxylation is 5. The highest BCUT2D eigenvalue weighted by Gasteiger charge is 2.27. The molecule has 8 heteroatoms. The molecular formula is C31H34N4O3S. The fourth-order valence-corrected chi connectivity index (χ4v) is 6.08. The third-order valence-electron chi connectivity index (χ3n) is 6.51. The molecule has 0 saturated carbocycles. The number of hydrogen-bond donors (Lipinski definition) is 1. The van der Waals surface area contributed by atoms with Gasteiger partial charge in [-0.1, -0.05) is 35.9 Å². The van der Waals surface area contributed by atoms with Crippen LogP contribution >= 0.6 is 0 Å². The Morgan fingerprint density at radius 3 is 2.15 bits per heavy atom. The van der Waals surface area contributed by atoms with Crippen molar-refractivity contribution in [3.63, 3.8) is 0 Å². The fraction of sp³-hybridized carbons (Fsp3) is 0.226. The van der Waals surface area contributed by atoms with Crippen LogP contribution in [0.4, 0.5) is 5.69 Å². The Morgan fingerprint density at radius 1 is 0.846 bits per heavy atom. The van der Waals surface area contributed by atoms with E-state index in [0.717, 1.165) is 38.1 Å². The maximum Gasteiger partial charge on any atom is 0.264 e. The number of carbonyl (C=O) groups excluding carboxylic acids is 1. The molecular weight excluding hydrogens is 508 g/mol. The number of hydrogen-bond acceptors (Lipinski definition) is 4. The van der Waals surface area contributed by atoms with Crippen molar-refractivity contribution in [2.24, 2.45) is 5.10 Å². The lowest BCUT2D eigenvalue weighted by molar-refractivity contribution is -0.119. The Morgan fingerprint density at radius 2 is 1.51 bits per heavy atom. The predicted molar refractivity (Wildman–Crippen MR) is 157 cm³/mol. The molecule has 1 N–H and O–H groups in total. The van der Waals surface area contributed by atoms with E-state index in [4.69, 9.17) is 0 Å². The SMILES string of the molecule is Cc1ccc(S(=O)(=O)N(CC(=O)N/N=C\c2cc(C)n(-c3cc(C)cc(C)c3)c2C)c2cccc(C)c2)cc1. The molecule has 1 heterocycles. The van der Waals surface area contributed by atoms with Crippen molar-refractivity contribution in [2.75, 3.05) is 10.8 Å². The van der Waals surface area contributed by atoms with Crippen LogP contribution in [0.5, 0.6) is 0 Å². The molecule has 202 valence electrons. The summed E-state index contributed by atoms with van der Waals surface area (Å²) >= 11 is 0. The summed E-state index contributed by atoms with van der Waals surface area (Å²) in [5, 5.41) is 4.16. The smallest absolute Gasteiger partial charge is 0.264 e. The van der Waals surface area contributed by atoms with Gasteiger partial charge >= 0.3 is 0 Å². The summed E-state index contributed by atoms with van der Waals surface area (Å²) in [7, 11) is -3.99. The summed E-state index contributed by atoms with van der Waals surface area (Å²) < 4.78 is 30.4. The van der Waals surface area contributed by atoms with E-state index in [9.17, 15) is 13.2 Å². The lowest BCUT2D eigenvalue weighted by Crippen LogP contribution is -2.39. The first-order valence-electron chi connectivity index (χ1n) is 12.7. The third kappa shape index (κ3) is 6.29. The summed E-state index contributed by atoms with van der Waals surface area (Å²) in [5.74, 6) is -0.549. The normalized spacial score (nSPS) is 11.6. The molecule has 0 radical (unpaired) electrons. The first-order valence-corrected chi connectivity index (χ1v) is 14.2. The highest BCUT2D eigenvalue weighted by Crippen LogP contribution is 2.25. The number of hydrazone groups is 1. The molecule has 0 aliphatic heterocycles. The highest BCUT2D eigenvalue weighted by molar-refractivity contribution is 7.92. The molecule has 0 spiro atoms. The Hall–Kier alpha value is -4.17. The van der Waals surface area contributed by atoms with E-state index in [-0.39, 0.29) is 4.90 Å². The molecule has 0 atom stereocenters. The number of rotatable bonds is 8. The monoisotopic (exact) mass is 542 g/mol. The number of carbonyl (C=O) groups is 1. The number of nitrogens with one attached hydrogen (secondary N) is 1. The zero-order valence-electron chi connectivity index (χ0n) is 23.2. The fourth-order valence-electron chi connectivity index (χ4n) is 4.67. The van der Waals surface area contributed by atoms with E-state index in [0.29, 0.717) is 5.69 Å². The van der Waals surface area contributed by atoms with Gasteiger partial charge in [-0.05, 0) is 101 Å². The molecule has 0 fully saturated rings. The largest absolute Gasteiger partial charge is 0.318 e. The van der Waals surface area contributed by atoms with E-state index >= 15 is 0 Å². The van der Waals surface area contributed by atoms with E-state index in [2.05, 4.69) is 47.1 Å². The van der Waals surface area contributed by atoms with Crippen LogP contribution in [0.1, 0.15) is 39.2 Å². The van der Waals surface area contributed by atoms with Gasteiger partial charge in [-0.3, -0.25) is 9.10 Å². The van der Waals surface area contributed by atoms with Crippen molar-refractivity contribution in [3.05, 3.63) is 112 Å². The van der Waals surface area contributed by atoms with Gasteiger partial charge < -0.3 is 4.57 Å². The Kier molecular flexibility index (Phi) is 8.06. The molecule has 7 nitrogen and oxygen atoms in total. The van der Waals surface area contributed by atoms with E-state index in [1.807, 2.05) is 39.8 Å². The van der Waals surface area contributed by atoms with Crippen LogP contribution in [0.3, 0.4) is 0 Å². The molecule has 3 aromatic carbocycles. The van der Waals surface area contributed by atoms with Crippen LogP contribution in [0.2, 0.25) is 0 Å². The van der Waals surface area contributed by atoms with Crippen LogP contribution in [0, 0.1) is 41.5 Å². The molecule has 0 aliphatic carbocycles. The van der Waals surface area contributed by atoms with Crippen LogP contribution in [-0.4, -0.2) is 31.7 Å². The average Bonchev–Trinajstić information content (AvgIpc) is 3.14. The summed E-state index contributed by atoms with van der Waals surface area (Å²) in [5.41, 5.74) is 11.1. The zero-order chi connectivity index (χ0) is 28.3. The number of amides is 1. The highest BCUT2D eigenvalue weighted by atomic mass is 32.2. The van der Waals surface area contributed by atoms with Gasteiger partial charge in [0.1, 0.15) is 6.54 Å². The summed E-state index contributed by atoms with van der Waals surface area (Å²) in [4.78, 5) is 13.1. The summed E-state index contributed by atoms with van der Waals surface area (Å²) in [6, 6.07) is 22.0. The van der Waals surface area contributed by atoms with Gasteiger partial charge in [0.2, 0.25) is 0 Å². The minimum Gasteiger partial charge on any atom is -0.318 e.